The van der Waals surface area contributed by atoms with Gasteiger partial charge in [-0.3, -0.25) is 10.1 Å². The van der Waals surface area contributed by atoms with Gasteiger partial charge in [0.05, 0.1) is 16.0 Å². The Morgan fingerprint density at radius 3 is 2.68 bits per heavy atom. The number of carboxylic acid groups (broad SMARTS) is 1. The van der Waals surface area contributed by atoms with E-state index in [-0.39, 0.29) is 17.0 Å². The fourth-order valence-electron chi connectivity index (χ4n) is 1.56. The van der Waals surface area contributed by atoms with Crippen LogP contribution in [0.5, 0.6) is 0 Å². The van der Waals surface area contributed by atoms with Gasteiger partial charge in [-0.05, 0) is 6.07 Å². The van der Waals surface area contributed by atoms with Crippen LogP contribution < -0.4 is 0 Å². The zero-order valence-corrected chi connectivity index (χ0v) is 9.35. The van der Waals surface area contributed by atoms with Crippen molar-refractivity contribution in [2.75, 3.05) is 0 Å². The highest BCUT2D eigenvalue weighted by Gasteiger charge is 2.27. The number of aromatic nitrogens is 2. The smallest absolute Gasteiger partial charge is 0.335 e. The molecular formula is C10H9N3O6. The van der Waals surface area contributed by atoms with E-state index in [9.17, 15) is 25.1 Å². The number of aliphatic hydroxyl groups is 2. The molecule has 100 valence electrons. The molecule has 1 aromatic carbocycles. The number of imidazole rings is 1. The fourth-order valence-corrected chi connectivity index (χ4v) is 1.56. The van der Waals surface area contributed by atoms with E-state index >= 15 is 0 Å². The van der Waals surface area contributed by atoms with E-state index in [4.69, 9.17) is 5.11 Å². The van der Waals surface area contributed by atoms with Crippen LogP contribution in [-0.2, 0) is 4.79 Å². The quantitative estimate of drug-likeness (QED) is 0.448. The Hall–Kier alpha value is -2.52. The molecule has 0 saturated carbocycles. The number of hydrogen-bond acceptors (Lipinski definition) is 6. The van der Waals surface area contributed by atoms with Crippen LogP contribution in [0.15, 0.2) is 18.2 Å². The second kappa shape index (κ2) is 4.63. The Morgan fingerprint density at radius 1 is 1.42 bits per heavy atom. The third-order valence-electron chi connectivity index (χ3n) is 2.53. The van der Waals surface area contributed by atoms with Crippen LogP contribution in [0.25, 0.3) is 11.0 Å². The molecule has 1 aromatic heterocycles. The largest absolute Gasteiger partial charge is 0.479 e. The molecule has 0 unspecified atom stereocenters. The molecule has 0 saturated heterocycles. The topological polar surface area (TPSA) is 150 Å². The van der Waals surface area contributed by atoms with Gasteiger partial charge in [0.1, 0.15) is 11.9 Å². The number of nitro benzene ring substituents is 1. The molecule has 2 atom stereocenters. The molecule has 0 radical (unpaired) electrons. The first-order valence-corrected chi connectivity index (χ1v) is 5.13. The molecule has 4 N–H and O–H groups in total. The normalized spacial score (nSPS) is 14.2. The molecule has 9 nitrogen and oxygen atoms in total. The van der Waals surface area contributed by atoms with Gasteiger partial charge in [0, 0.05) is 12.1 Å². The third-order valence-corrected chi connectivity index (χ3v) is 2.53. The molecule has 9 heteroatoms. The van der Waals surface area contributed by atoms with E-state index in [1.807, 2.05) is 0 Å². The van der Waals surface area contributed by atoms with Crippen LogP contribution in [-0.4, -0.2) is 42.3 Å². The van der Waals surface area contributed by atoms with Crippen molar-refractivity contribution in [1.29, 1.82) is 0 Å². The van der Waals surface area contributed by atoms with Crippen LogP contribution in [0.3, 0.4) is 0 Å². The van der Waals surface area contributed by atoms with Gasteiger partial charge < -0.3 is 20.3 Å². The van der Waals surface area contributed by atoms with Gasteiger partial charge in [0.25, 0.3) is 5.69 Å². The molecule has 0 bridgehead atoms. The Labute approximate surface area is 105 Å². The van der Waals surface area contributed by atoms with Gasteiger partial charge in [-0.2, -0.15) is 0 Å². The summed E-state index contributed by atoms with van der Waals surface area (Å²) in [5.74, 6) is -1.77. The SMILES string of the molecule is O=C(O)[C@@H](O)[C@@H](O)c1nc2ccc([N+](=O)[O-])cc2[nH]1. The van der Waals surface area contributed by atoms with E-state index < -0.39 is 23.1 Å². The molecule has 0 fully saturated rings. The number of nitro groups is 1. The molecule has 1 heterocycles. The number of aliphatic hydroxyl groups excluding tert-OH is 2. The van der Waals surface area contributed by atoms with Crippen molar-refractivity contribution in [2.24, 2.45) is 0 Å². The standard InChI is InChI=1S/C10H9N3O6/c14-7(8(15)10(16)17)9-11-5-2-1-4(13(18)19)3-6(5)12-9/h1-3,7-8,14-15H,(H,11,12)(H,16,17)/t7-,8+/m1/s1. The van der Waals surface area contributed by atoms with Gasteiger partial charge in [0.2, 0.25) is 0 Å². The van der Waals surface area contributed by atoms with Crippen LogP contribution in [0.2, 0.25) is 0 Å². The highest BCUT2D eigenvalue weighted by atomic mass is 16.6. The Kier molecular flexibility index (Phi) is 3.15. The summed E-state index contributed by atoms with van der Waals surface area (Å²) in [6.45, 7) is 0. The van der Waals surface area contributed by atoms with Gasteiger partial charge in [0.15, 0.2) is 6.10 Å². The molecule has 19 heavy (non-hydrogen) atoms. The molecule has 2 aromatic rings. The minimum Gasteiger partial charge on any atom is -0.479 e. The summed E-state index contributed by atoms with van der Waals surface area (Å²) in [7, 11) is 0. The minimum atomic E-state index is -2.03. The summed E-state index contributed by atoms with van der Waals surface area (Å²) < 4.78 is 0. The summed E-state index contributed by atoms with van der Waals surface area (Å²) in [5, 5.41) is 37.9. The molecule has 0 spiro atoms. The maximum Gasteiger partial charge on any atom is 0.335 e. The number of nitrogens with zero attached hydrogens (tertiary/aromatic N) is 2. The third kappa shape index (κ3) is 2.37. The summed E-state index contributed by atoms with van der Waals surface area (Å²) in [6, 6.07) is 3.78. The lowest BCUT2D eigenvalue weighted by atomic mass is 10.2. The zero-order chi connectivity index (χ0) is 14.2. The summed E-state index contributed by atoms with van der Waals surface area (Å²) in [4.78, 5) is 26.9. The highest BCUT2D eigenvalue weighted by Crippen LogP contribution is 2.22. The van der Waals surface area contributed by atoms with Crippen molar-refractivity contribution in [2.45, 2.75) is 12.2 Å². The average molecular weight is 267 g/mol. The first kappa shape index (κ1) is 12.9. The highest BCUT2D eigenvalue weighted by molar-refractivity contribution is 5.78. The number of carboxylic acids is 1. The predicted octanol–water partition coefficient (Wildman–Crippen LogP) is -0.0500. The average Bonchev–Trinajstić information content (AvgIpc) is 2.79. The molecule has 0 aliphatic heterocycles. The van der Waals surface area contributed by atoms with Gasteiger partial charge in [-0.15, -0.1) is 0 Å². The van der Waals surface area contributed by atoms with Gasteiger partial charge >= 0.3 is 5.97 Å². The van der Waals surface area contributed by atoms with E-state index in [0.29, 0.717) is 5.52 Å². The number of benzene rings is 1. The van der Waals surface area contributed by atoms with Crippen molar-refractivity contribution in [3.63, 3.8) is 0 Å². The zero-order valence-electron chi connectivity index (χ0n) is 9.35. The Bertz CT molecular complexity index is 652. The number of non-ortho nitro benzene ring substituents is 1. The van der Waals surface area contributed by atoms with Gasteiger partial charge in [-0.25, -0.2) is 9.78 Å². The van der Waals surface area contributed by atoms with Crippen molar-refractivity contribution in [3.05, 3.63) is 34.1 Å². The number of carbonyl (C=O) groups is 1. The van der Waals surface area contributed by atoms with E-state index in [2.05, 4.69) is 9.97 Å². The number of fused-ring (bicyclic) bond motifs is 1. The predicted molar refractivity (Wildman–Crippen MR) is 61.4 cm³/mol. The maximum absolute atomic E-state index is 10.6. The monoisotopic (exact) mass is 267 g/mol. The summed E-state index contributed by atoms with van der Waals surface area (Å²) in [5.41, 5.74) is 0.411. The number of H-pyrrole nitrogens is 1. The lowest BCUT2D eigenvalue weighted by Gasteiger charge is -2.10. The lowest BCUT2D eigenvalue weighted by Crippen LogP contribution is -2.28. The van der Waals surface area contributed by atoms with Crippen LogP contribution >= 0.6 is 0 Å². The van der Waals surface area contributed by atoms with Crippen molar-refractivity contribution >= 4 is 22.7 Å². The first-order valence-electron chi connectivity index (χ1n) is 5.13. The van der Waals surface area contributed by atoms with E-state index in [1.165, 1.54) is 18.2 Å². The lowest BCUT2D eigenvalue weighted by molar-refractivity contribution is -0.384. The number of aromatic amines is 1. The molecule has 0 aliphatic rings. The molecule has 0 amide bonds. The first-order chi connectivity index (χ1) is 8.90. The Morgan fingerprint density at radius 2 is 2.11 bits per heavy atom. The van der Waals surface area contributed by atoms with Crippen LogP contribution in [0.1, 0.15) is 11.9 Å². The van der Waals surface area contributed by atoms with Gasteiger partial charge in [-0.1, -0.05) is 0 Å². The van der Waals surface area contributed by atoms with Crippen molar-refractivity contribution < 1.29 is 25.0 Å². The fraction of sp³-hybridized carbons (Fsp3) is 0.200. The number of hydrogen-bond donors (Lipinski definition) is 4. The van der Waals surface area contributed by atoms with Crippen LogP contribution in [0.4, 0.5) is 5.69 Å². The van der Waals surface area contributed by atoms with Crippen molar-refractivity contribution in [3.8, 4) is 0 Å². The maximum atomic E-state index is 10.6. The van der Waals surface area contributed by atoms with Crippen molar-refractivity contribution in [1.82, 2.24) is 9.97 Å². The molecule has 0 aliphatic carbocycles. The van der Waals surface area contributed by atoms with E-state index in [1.54, 1.807) is 0 Å². The minimum absolute atomic E-state index is 0.170. The second-order valence-corrected chi connectivity index (χ2v) is 3.81. The summed E-state index contributed by atoms with van der Waals surface area (Å²) in [6.07, 6.45) is -3.78. The van der Waals surface area contributed by atoms with E-state index in [0.717, 1.165) is 0 Å². The molecule has 2 rings (SSSR count). The number of nitrogens with one attached hydrogen (secondary N) is 1. The number of aliphatic carboxylic acids is 1. The summed E-state index contributed by atoms with van der Waals surface area (Å²) >= 11 is 0. The second-order valence-electron chi connectivity index (χ2n) is 3.81. The molecular weight excluding hydrogens is 258 g/mol. The number of rotatable bonds is 4. The Balaban J connectivity index is 2.41. The van der Waals surface area contributed by atoms with Crippen LogP contribution in [0, 0.1) is 10.1 Å².